The molecule has 1 aliphatic rings. The molecule has 0 saturated heterocycles. The normalized spacial score (nSPS) is 15.3. The summed E-state index contributed by atoms with van der Waals surface area (Å²) < 4.78 is 22.8. The molecule has 16 rings (SSSR count). The summed E-state index contributed by atoms with van der Waals surface area (Å²) >= 11 is 26.0. The summed E-state index contributed by atoms with van der Waals surface area (Å²) in [6.07, 6.45) is 14.0. The highest BCUT2D eigenvalue weighted by atomic mass is 35.5. The van der Waals surface area contributed by atoms with Gasteiger partial charge in [-0.1, -0.05) is 119 Å². The minimum Gasteiger partial charge on any atom is -0.496 e. The summed E-state index contributed by atoms with van der Waals surface area (Å²) in [5.74, 6) is 0.971. The molecular weight excluding hydrogens is 1430 g/mol. The lowest BCUT2D eigenvalue weighted by atomic mass is 9.81. The number of imidazole rings is 3. The molecule has 5 atom stereocenters. The molecular formula is C83H68Cl4N14O6. The van der Waals surface area contributed by atoms with Crippen molar-refractivity contribution in [2.45, 2.75) is 42.1 Å². The average molecular weight is 1500 g/mol. The Labute approximate surface area is 632 Å². The summed E-state index contributed by atoms with van der Waals surface area (Å²) in [6, 6.07) is 52.8. The number of nitrogens with two attached hydrogens (primary N) is 2. The van der Waals surface area contributed by atoms with Crippen molar-refractivity contribution in [1.29, 1.82) is 0 Å². The summed E-state index contributed by atoms with van der Waals surface area (Å²) in [6.45, 7) is 0.350. The van der Waals surface area contributed by atoms with E-state index in [-0.39, 0.29) is 35.1 Å². The van der Waals surface area contributed by atoms with Crippen molar-refractivity contribution in [2.75, 3.05) is 14.2 Å². The number of aromatic nitrogens is 12. The molecule has 5 unspecified atom stereocenters. The molecule has 1 aliphatic carbocycles. The van der Waals surface area contributed by atoms with Crippen molar-refractivity contribution in [1.82, 2.24) is 57.3 Å². The van der Waals surface area contributed by atoms with E-state index >= 15 is 4.79 Å². The first kappa shape index (κ1) is 70.0. The van der Waals surface area contributed by atoms with E-state index in [1.807, 2.05) is 126 Å². The summed E-state index contributed by atoms with van der Waals surface area (Å²) in [5.41, 5.74) is 22.4. The highest BCUT2D eigenvalue weighted by Gasteiger charge is 2.43. The van der Waals surface area contributed by atoms with Crippen LogP contribution in [0.5, 0.6) is 11.5 Å². The number of hydrogen-bond acceptors (Lipinski definition) is 14. The smallest absolute Gasteiger partial charge is 0.253 e. The molecule has 1 fully saturated rings. The van der Waals surface area contributed by atoms with Crippen molar-refractivity contribution in [2.24, 2.45) is 45.6 Å². The molecule has 9 aromatic heterocycles. The lowest BCUT2D eigenvalue weighted by Gasteiger charge is -2.31. The number of ether oxygens (including phenoxy) is 2. The van der Waals surface area contributed by atoms with Crippen LogP contribution < -0.4 is 37.6 Å². The molecule has 6 aromatic carbocycles. The molecule has 534 valence electrons. The van der Waals surface area contributed by atoms with E-state index < -0.39 is 16.7 Å². The van der Waals surface area contributed by atoms with Crippen molar-refractivity contribution in [3.05, 3.63) is 339 Å². The number of rotatable bonds is 19. The molecule has 1 saturated carbocycles. The Morgan fingerprint density at radius 1 is 0.495 bits per heavy atom. The standard InChI is InChI=1S/C83H68Cl4N14O6/c1-96-44-90-39-72(96)81(88,52-13-19-57(84)20-14-52)55-32-67-64(35-77(104)101(80(67)94-37-55)42-50-11-10-48(30-69(50)106-5)63-34-75(102)99(4)79-66(63)33-56(38-93-79)83(105,74-41-92-46-98(74)3)54-17-23-59(86)24-18-54)49-12-25-61(70(31-49)107-6)62-29-51(62)43-100-68-26-27-71(95-78(68)65(36-76(100)103)47-8-7-9-60(87)28-47)82(89,73-40-91-45-97(73)2)53-15-21-58(85)22-16-53/h7-28,30-41,44-46,51,62,105H,29,42-43,88-89H2,1-6H3. The zero-order valence-electron chi connectivity index (χ0n) is 58.7. The van der Waals surface area contributed by atoms with Gasteiger partial charge in [-0.05, 0) is 153 Å². The van der Waals surface area contributed by atoms with Crippen LogP contribution in [0.25, 0.3) is 66.5 Å². The average Bonchev–Trinajstić information content (AvgIpc) is 1.65. The Morgan fingerprint density at radius 3 is 1.64 bits per heavy atom. The largest absolute Gasteiger partial charge is 0.496 e. The monoisotopic (exact) mass is 1500 g/mol. The SMILES string of the molecule is COc1cc(-c2cc(=O)n(C)c3ncc(C(O)(c4ccc(Cl)cc4)c4cncn4C)cc23)ccc1Cn1c(=O)cc(-c2ccc(C3CC3Cn3c(=O)cc(-c4cccc(Cl)c4)c4nc(C(N)(c5ccc(Cl)cc5)c5cncn5C)ccc43)c(OC)c2)c2cc(C(N)(c3ccc(Cl)cc3)c3cncn3C)cnc21. The van der Waals surface area contributed by atoms with Gasteiger partial charge in [0.15, 0.2) is 5.60 Å². The maximum Gasteiger partial charge on any atom is 0.253 e. The van der Waals surface area contributed by atoms with Gasteiger partial charge in [0.25, 0.3) is 16.7 Å². The lowest BCUT2D eigenvalue weighted by Crippen LogP contribution is -2.41. The molecule has 107 heavy (non-hydrogen) atoms. The molecule has 15 aromatic rings. The third-order valence-electron chi connectivity index (χ3n) is 21.1. The lowest BCUT2D eigenvalue weighted by molar-refractivity contribution is 0.117. The van der Waals surface area contributed by atoms with Crippen LogP contribution >= 0.6 is 46.4 Å². The van der Waals surface area contributed by atoms with Crippen LogP contribution in [0.1, 0.15) is 74.1 Å². The number of nitrogens with zero attached hydrogens (tertiary/aromatic N) is 12. The van der Waals surface area contributed by atoms with Gasteiger partial charge in [0.1, 0.15) is 33.9 Å². The second kappa shape index (κ2) is 27.2. The summed E-state index contributed by atoms with van der Waals surface area (Å²) in [5, 5.41) is 16.2. The van der Waals surface area contributed by atoms with Gasteiger partial charge < -0.3 is 44.3 Å². The van der Waals surface area contributed by atoms with Gasteiger partial charge in [-0.3, -0.25) is 23.5 Å². The van der Waals surface area contributed by atoms with E-state index in [0.29, 0.717) is 155 Å². The molecule has 0 bridgehead atoms. The maximum atomic E-state index is 15.3. The van der Waals surface area contributed by atoms with Gasteiger partial charge in [-0.2, -0.15) is 0 Å². The number of pyridine rings is 6. The molecule has 0 aliphatic heterocycles. The molecule has 5 N–H and O–H groups in total. The first-order valence-corrected chi connectivity index (χ1v) is 35.8. The van der Waals surface area contributed by atoms with E-state index in [9.17, 15) is 14.7 Å². The van der Waals surface area contributed by atoms with Gasteiger partial charge >= 0.3 is 0 Å². The highest BCUT2D eigenvalue weighted by Crippen LogP contribution is 2.53. The van der Waals surface area contributed by atoms with Crippen LogP contribution in [0.2, 0.25) is 20.1 Å². The maximum absolute atomic E-state index is 15.3. The number of halogens is 4. The fourth-order valence-corrected chi connectivity index (χ4v) is 15.8. The first-order valence-electron chi connectivity index (χ1n) is 34.3. The molecule has 0 spiro atoms. The number of aliphatic hydroxyl groups is 1. The number of aryl methyl sites for hydroxylation is 4. The third-order valence-corrected chi connectivity index (χ3v) is 22.1. The van der Waals surface area contributed by atoms with Gasteiger partial charge in [0, 0.05) is 118 Å². The van der Waals surface area contributed by atoms with Crippen molar-refractivity contribution in [3.8, 4) is 44.9 Å². The van der Waals surface area contributed by atoms with E-state index in [4.69, 9.17) is 82.3 Å². The topological polar surface area (TPSA) is 249 Å². The summed E-state index contributed by atoms with van der Waals surface area (Å²) in [7, 11) is 10.4. The van der Waals surface area contributed by atoms with Gasteiger partial charge in [-0.15, -0.1) is 0 Å². The minimum absolute atomic E-state index is 0.000999. The van der Waals surface area contributed by atoms with Gasteiger partial charge in [-0.25, -0.2) is 29.9 Å². The molecule has 0 amide bonds. The second-order valence-corrected chi connectivity index (χ2v) is 29.1. The summed E-state index contributed by atoms with van der Waals surface area (Å²) in [4.78, 5) is 72.7. The van der Waals surface area contributed by atoms with E-state index in [2.05, 4.69) is 15.0 Å². The van der Waals surface area contributed by atoms with Crippen LogP contribution in [0.3, 0.4) is 0 Å². The van der Waals surface area contributed by atoms with E-state index in [1.165, 1.54) is 10.6 Å². The predicted octanol–water partition coefficient (Wildman–Crippen LogP) is 13.8. The fourth-order valence-electron chi connectivity index (χ4n) is 15.3. The van der Waals surface area contributed by atoms with Crippen LogP contribution in [0, 0.1) is 5.92 Å². The van der Waals surface area contributed by atoms with E-state index in [0.717, 1.165) is 17.5 Å². The Morgan fingerprint density at radius 2 is 1.02 bits per heavy atom. The van der Waals surface area contributed by atoms with Crippen LogP contribution in [-0.4, -0.2) is 76.6 Å². The van der Waals surface area contributed by atoms with Gasteiger partial charge in [0.05, 0.1) is 92.1 Å². The Hall–Kier alpha value is -11.3. The van der Waals surface area contributed by atoms with Crippen LogP contribution in [0.4, 0.5) is 0 Å². The van der Waals surface area contributed by atoms with Crippen molar-refractivity contribution < 1.29 is 14.6 Å². The minimum atomic E-state index is -1.76. The molecule has 0 radical (unpaired) electrons. The van der Waals surface area contributed by atoms with Crippen LogP contribution in [-0.2, 0) is 58.0 Å². The molecule has 9 heterocycles. The van der Waals surface area contributed by atoms with Crippen LogP contribution in [0.15, 0.2) is 240 Å². The quantitative estimate of drug-likeness (QED) is 0.0681. The Bertz CT molecular complexity index is 6250. The fraction of sp³-hybridized carbons (Fsp3) is 0.169. The third kappa shape index (κ3) is 12.1. The number of hydrogen-bond donors (Lipinski definition) is 3. The van der Waals surface area contributed by atoms with Crippen molar-refractivity contribution >= 4 is 79.5 Å². The highest BCUT2D eigenvalue weighted by molar-refractivity contribution is 6.31. The van der Waals surface area contributed by atoms with Gasteiger partial charge in [0.2, 0.25) is 0 Å². The van der Waals surface area contributed by atoms with E-state index in [1.54, 1.807) is 159 Å². The number of fused-ring (bicyclic) bond motifs is 3. The predicted molar refractivity (Wildman–Crippen MR) is 418 cm³/mol. The Balaban J connectivity index is 0.782. The molecule has 24 heteroatoms. The second-order valence-electron chi connectivity index (χ2n) is 27.3. The zero-order valence-corrected chi connectivity index (χ0v) is 61.7. The zero-order chi connectivity index (χ0) is 74.5. The molecule has 20 nitrogen and oxygen atoms in total. The first-order chi connectivity index (χ1) is 51.6. The number of benzene rings is 6. The Kier molecular flexibility index (Phi) is 17.8. The van der Waals surface area contributed by atoms with Crippen molar-refractivity contribution in [3.63, 3.8) is 0 Å². The number of methoxy groups -OCH3 is 2.